The summed E-state index contributed by atoms with van der Waals surface area (Å²) in [6.07, 6.45) is 5.16. The number of rotatable bonds is 3. The van der Waals surface area contributed by atoms with Gasteiger partial charge in [0.15, 0.2) is 0 Å². The number of aliphatic hydroxyl groups excluding tert-OH is 1. The normalized spacial score (nSPS) is 14.0. The van der Waals surface area contributed by atoms with Crippen molar-refractivity contribution in [2.24, 2.45) is 0 Å². The van der Waals surface area contributed by atoms with Crippen LogP contribution >= 0.6 is 0 Å². The minimum atomic E-state index is -0.415. The molecule has 3 heterocycles. The first-order valence-electron chi connectivity index (χ1n) is 8.27. The fourth-order valence-electron chi connectivity index (χ4n) is 3.51. The fraction of sp³-hybridized carbons (Fsp3) is 0.412. The molecular weight excluding hydrogens is 324 g/mol. The molecule has 4 rings (SSSR count). The number of nitrogens with one attached hydrogen (secondary N) is 1. The van der Waals surface area contributed by atoms with Crippen molar-refractivity contribution in [2.45, 2.75) is 38.8 Å². The lowest BCUT2D eigenvalue weighted by Gasteiger charge is -2.18. The van der Waals surface area contributed by atoms with Crippen LogP contribution in [0.15, 0.2) is 15.5 Å². The van der Waals surface area contributed by atoms with E-state index in [1.165, 1.54) is 17.9 Å². The van der Waals surface area contributed by atoms with Crippen LogP contribution in [0.2, 0.25) is 0 Å². The summed E-state index contributed by atoms with van der Waals surface area (Å²) < 4.78 is 6.91. The lowest BCUT2D eigenvalue weighted by atomic mass is 9.89. The van der Waals surface area contributed by atoms with E-state index in [0.29, 0.717) is 16.9 Å². The Labute approximate surface area is 142 Å². The highest BCUT2D eigenvalue weighted by atomic mass is 16.3. The zero-order valence-electron chi connectivity index (χ0n) is 13.8. The number of carbonyl (C=O) groups excluding carboxylic acids is 1. The fourth-order valence-corrected chi connectivity index (χ4v) is 3.51. The number of aromatic nitrogens is 3. The second kappa shape index (κ2) is 5.96. The number of fused-ring (bicyclic) bond motifs is 5. The van der Waals surface area contributed by atoms with Crippen LogP contribution in [0.5, 0.6) is 0 Å². The minimum Gasteiger partial charge on any atom is -0.430 e. The van der Waals surface area contributed by atoms with Crippen molar-refractivity contribution in [3.8, 4) is 0 Å². The molecule has 8 heteroatoms. The summed E-state index contributed by atoms with van der Waals surface area (Å²) in [5.74, 6) is -0.294. The number of hydrogen-bond acceptors (Lipinski definition) is 6. The Morgan fingerprint density at radius 1 is 1.36 bits per heavy atom. The summed E-state index contributed by atoms with van der Waals surface area (Å²) in [6, 6.07) is 0. The molecule has 8 nitrogen and oxygen atoms in total. The van der Waals surface area contributed by atoms with Crippen LogP contribution in [0.1, 0.15) is 29.7 Å². The van der Waals surface area contributed by atoms with E-state index in [0.717, 1.165) is 42.2 Å². The number of hydrogen-bond donors (Lipinski definition) is 2. The Kier molecular flexibility index (Phi) is 3.76. The molecular formula is C17H18N4O4. The van der Waals surface area contributed by atoms with Gasteiger partial charge in [-0.25, -0.2) is 9.97 Å². The highest BCUT2D eigenvalue weighted by Gasteiger charge is 2.24. The first kappa shape index (κ1) is 15.8. The van der Waals surface area contributed by atoms with E-state index in [2.05, 4.69) is 15.3 Å². The van der Waals surface area contributed by atoms with Gasteiger partial charge in [0.1, 0.15) is 12.1 Å². The molecule has 0 saturated heterocycles. The molecule has 130 valence electrons. The van der Waals surface area contributed by atoms with Gasteiger partial charge in [0, 0.05) is 7.05 Å². The molecule has 1 aliphatic rings. The highest BCUT2D eigenvalue weighted by Crippen LogP contribution is 2.34. The largest absolute Gasteiger partial charge is 0.430 e. The maximum absolute atomic E-state index is 12.6. The molecule has 2 N–H and O–H groups in total. The number of carbonyl (C=O) groups is 1. The third kappa shape index (κ3) is 2.41. The number of furan rings is 1. The van der Waals surface area contributed by atoms with Crippen LogP contribution in [0.4, 0.5) is 0 Å². The van der Waals surface area contributed by atoms with Gasteiger partial charge in [-0.05, 0) is 36.8 Å². The number of amides is 1. The summed E-state index contributed by atoms with van der Waals surface area (Å²) >= 11 is 0. The molecule has 1 amide bonds. The Bertz CT molecular complexity index is 1050. The van der Waals surface area contributed by atoms with E-state index < -0.39 is 5.56 Å². The molecule has 1 aliphatic carbocycles. The van der Waals surface area contributed by atoms with Crippen molar-refractivity contribution in [2.75, 3.05) is 7.05 Å². The van der Waals surface area contributed by atoms with E-state index in [1.807, 2.05) is 0 Å². The number of likely N-dealkylation sites (N-methyl/N-ethyl adjacent to an activating group) is 1. The second-order valence-electron chi connectivity index (χ2n) is 6.19. The Balaban J connectivity index is 2.00. The maximum Gasteiger partial charge on any atom is 0.297 e. The molecule has 0 saturated carbocycles. The molecule has 3 aromatic rings. The van der Waals surface area contributed by atoms with E-state index in [-0.39, 0.29) is 24.6 Å². The Hall–Kier alpha value is -2.74. The van der Waals surface area contributed by atoms with Crippen LogP contribution in [0.3, 0.4) is 0 Å². The lowest BCUT2D eigenvalue weighted by Crippen LogP contribution is -2.30. The van der Waals surface area contributed by atoms with Gasteiger partial charge in [-0.15, -0.1) is 0 Å². The van der Waals surface area contributed by atoms with Crippen LogP contribution < -0.4 is 10.9 Å². The Morgan fingerprint density at radius 2 is 2.12 bits per heavy atom. The van der Waals surface area contributed by atoms with Gasteiger partial charge in [-0.3, -0.25) is 14.2 Å². The van der Waals surface area contributed by atoms with Crippen molar-refractivity contribution >= 4 is 28.1 Å². The van der Waals surface area contributed by atoms with Gasteiger partial charge >= 0.3 is 0 Å². The molecule has 0 unspecified atom stereocenters. The number of nitrogens with zero attached hydrogens (tertiary/aromatic N) is 3. The van der Waals surface area contributed by atoms with Crippen LogP contribution in [-0.2, 0) is 30.8 Å². The SMILES string of the molecule is CNC(=O)Cn1cnc2c(oc3nc(CO)c4c(c32)CCCC4)c1=O. The number of pyridine rings is 1. The summed E-state index contributed by atoms with van der Waals surface area (Å²) in [5, 5.41) is 12.9. The van der Waals surface area contributed by atoms with Gasteiger partial charge in [-0.2, -0.15) is 0 Å². The van der Waals surface area contributed by atoms with Crippen molar-refractivity contribution in [3.63, 3.8) is 0 Å². The van der Waals surface area contributed by atoms with Crippen molar-refractivity contribution in [3.05, 3.63) is 33.5 Å². The third-order valence-electron chi connectivity index (χ3n) is 4.74. The summed E-state index contributed by atoms with van der Waals surface area (Å²) in [5.41, 5.74) is 3.19. The van der Waals surface area contributed by atoms with Crippen molar-refractivity contribution in [1.29, 1.82) is 0 Å². The topological polar surface area (TPSA) is 110 Å². The summed E-state index contributed by atoms with van der Waals surface area (Å²) in [4.78, 5) is 33.0. The van der Waals surface area contributed by atoms with Gasteiger partial charge < -0.3 is 14.8 Å². The van der Waals surface area contributed by atoms with Crippen molar-refractivity contribution in [1.82, 2.24) is 19.9 Å². The first-order chi connectivity index (χ1) is 12.1. The highest BCUT2D eigenvalue weighted by molar-refractivity contribution is 6.03. The first-order valence-corrected chi connectivity index (χ1v) is 8.27. The summed E-state index contributed by atoms with van der Waals surface area (Å²) in [7, 11) is 1.51. The predicted octanol–water partition coefficient (Wildman–Crippen LogP) is 0.655. The molecule has 0 atom stereocenters. The van der Waals surface area contributed by atoms with E-state index in [4.69, 9.17) is 4.42 Å². The van der Waals surface area contributed by atoms with Crippen molar-refractivity contribution < 1.29 is 14.3 Å². The Morgan fingerprint density at radius 3 is 2.84 bits per heavy atom. The molecule has 0 bridgehead atoms. The standard InChI is InChI=1S/C17H18N4O4/c1-18-12(23)6-21-8-19-14-13-10-5-3-2-4-9(10)11(7-22)20-16(13)25-15(14)17(21)24/h8,22H,2-7H2,1H3,(H,18,23). The molecule has 0 aliphatic heterocycles. The predicted molar refractivity (Wildman–Crippen MR) is 90.2 cm³/mol. The maximum atomic E-state index is 12.6. The van der Waals surface area contributed by atoms with E-state index in [1.54, 1.807) is 0 Å². The molecule has 0 radical (unpaired) electrons. The molecule has 0 aromatic carbocycles. The van der Waals surface area contributed by atoms with E-state index >= 15 is 0 Å². The van der Waals surface area contributed by atoms with Gasteiger partial charge in [0.2, 0.25) is 17.2 Å². The smallest absolute Gasteiger partial charge is 0.297 e. The number of aliphatic hydroxyl groups is 1. The van der Waals surface area contributed by atoms with Gasteiger partial charge in [0.05, 0.1) is 24.0 Å². The average molecular weight is 342 g/mol. The quantitative estimate of drug-likeness (QED) is 0.723. The van der Waals surface area contributed by atoms with E-state index in [9.17, 15) is 14.7 Å². The summed E-state index contributed by atoms with van der Waals surface area (Å²) in [6.45, 7) is -0.285. The van der Waals surface area contributed by atoms with Crippen LogP contribution in [0, 0.1) is 0 Å². The van der Waals surface area contributed by atoms with Crippen LogP contribution in [-0.4, -0.2) is 32.6 Å². The second-order valence-corrected chi connectivity index (χ2v) is 6.19. The molecule has 0 fully saturated rings. The number of aryl methyl sites for hydroxylation is 1. The van der Waals surface area contributed by atoms with Gasteiger partial charge in [-0.1, -0.05) is 0 Å². The zero-order valence-corrected chi connectivity index (χ0v) is 13.8. The molecule has 25 heavy (non-hydrogen) atoms. The zero-order chi connectivity index (χ0) is 17.6. The lowest BCUT2D eigenvalue weighted by molar-refractivity contribution is -0.121. The monoisotopic (exact) mass is 342 g/mol. The average Bonchev–Trinajstić information content (AvgIpc) is 3.02. The van der Waals surface area contributed by atoms with Gasteiger partial charge in [0.25, 0.3) is 5.56 Å². The molecule has 3 aromatic heterocycles. The van der Waals surface area contributed by atoms with Crippen LogP contribution in [0.25, 0.3) is 22.2 Å². The third-order valence-corrected chi connectivity index (χ3v) is 4.74. The minimum absolute atomic E-state index is 0.0942. The molecule has 0 spiro atoms.